The van der Waals surface area contributed by atoms with Gasteiger partial charge in [-0.1, -0.05) is 47.5 Å². The van der Waals surface area contributed by atoms with Crippen LogP contribution in [-0.4, -0.2) is 16.8 Å². The molecule has 0 unspecified atom stereocenters. The van der Waals surface area contributed by atoms with Gasteiger partial charge in [-0.25, -0.2) is 16.8 Å². The van der Waals surface area contributed by atoms with E-state index in [9.17, 15) is 16.8 Å². The molecule has 35 heavy (non-hydrogen) atoms. The third-order valence-electron chi connectivity index (χ3n) is 5.04. The molecule has 0 atom stereocenters. The largest absolute Gasteiger partial charge is 0.280 e. The molecule has 0 heterocycles. The second-order valence-corrected chi connectivity index (χ2v) is 11.9. The summed E-state index contributed by atoms with van der Waals surface area (Å²) in [5.74, 6) is 0. The van der Waals surface area contributed by atoms with Crippen molar-refractivity contribution in [3.8, 4) is 0 Å². The van der Waals surface area contributed by atoms with E-state index in [4.69, 9.17) is 23.2 Å². The van der Waals surface area contributed by atoms with Gasteiger partial charge in [0.25, 0.3) is 20.0 Å². The van der Waals surface area contributed by atoms with Gasteiger partial charge in [0.05, 0.1) is 9.79 Å². The van der Waals surface area contributed by atoms with Crippen LogP contribution in [0.3, 0.4) is 0 Å². The topological polar surface area (TPSA) is 92.3 Å². The van der Waals surface area contributed by atoms with Crippen LogP contribution in [0.1, 0.15) is 11.1 Å². The van der Waals surface area contributed by atoms with Crippen LogP contribution < -0.4 is 9.44 Å². The second kappa shape index (κ2) is 10.3. The normalized spacial score (nSPS) is 11.7. The quantitative estimate of drug-likeness (QED) is 0.275. The summed E-state index contributed by atoms with van der Waals surface area (Å²) in [6, 6.07) is 25.7. The molecule has 4 rings (SSSR count). The van der Waals surface area contributed by atoms with E-state index in [1.807, 2.05) is 6.07 Å². The maximum absolute atomic E-state index is 12.8. The van der Waals surface area contributed by atoms with Gasteiger partial charge in [-0.3, -0.25) is 9.44 Å². The molecule has 0 saturated heterocycles. The van der Waals surface area contributed by atoms with Crippen LogP contribution in [0, 0.1) is 0 Å². The van der Waals surface area contributed by atoms with E-state index >= 15 is 0 Å². The third kappa shape index (κ3) is 6.55. The van der Waals surface area contributed by atoms with Crippen molar-refractivity contribution in [3.63, 3.8) is 0 Å². The summed E-state index contributed by atoms with van der Waals surface area (Å²) < 4.78 is 55.9. The summed E-state index contributed by atoms with van der Waals surface area (Å²) in [5.41, 5.74) is 2.40. The van der Waals surface area contributed by atoms with Crippen molar-refractivity contribution in [2.75, 3.05) is 9.44 Å². The molecule has 0 amide bonds. The average molecular weight is 547 g/mol. The molecule has 0 radical (unpaired) electrons. The van der Waals surface area contributed by atoms with E-state index in [1.165, 1.54) is 18.2 Å². The van der Waals surface area contributed by atoms with Crippen molar-refractivity contribution in [1.29, 1.82) is 0 Å². The van der Waals surface area contributed by atoms with E-state index in [2.05, 4.69) is 9.44 Å². The number of hydrogen-bond acceptors (Lipinski definition) is 4. The Morgan fingerprint density at radius 3 is 1.54 bits per heavy atom. The molecule has 0 aliphatic rings. The Morgan fingerprint density at radius 1 is 0.543 bits per heavy atom. The summed E-state index contributed by atoms with van der Waals surface area (Å²) in [5, 5.41) is 1.02. The number of anilines is 2. The predicted molar refractivity (Wildman–Crippen MR) is 140 cm³/mol. The van der Waals surface area contributed by atoms with E-state index in [1.54, 1.807) is 72.8 Å². The Bertz CT molecular complexity index is 1540. The number of hydrogen-bond donors (Lipinski definition) is 2. The van der Waals surface area contributed by atoms with Crippen LogP contribution in [0.15, 0.2) is 107 Å². The number of sulfonamides is 2. The minimum atomic E-state index is -3.79. The highest BCUT2D eigenvalue weighted by molar-refractivity contribution is 7.93. The molecule has 0 bridgehead atoms. The first-order valence-electron chi connectivity index (χ1n) is 10.4. The van der Waals surface area contributed by atoms with Crippen LogP contribution in [0.4, 0.5) is 11.4 Å². The van der Waals surface area contributed by atoms with Crippen LogP contribution >= 0.6 is 23.2 Å². The van der Waals surface area contributed by atoms with Crippen LogP contribution in [0.2, 0.25) is 10.0 Å². The van der Waals surface area contributed by atoms with Gasteiger partial charge >= 0.3 is 0 Å². The zero-order valence-electron chi connectivity index (χ0n) is 18.2. The van der Waals surface area contributed by atoms with Gasteiger partial charge in [-0.05, 0) is 90.3 Å². The Kier molecular flexibility index (Phi) is 7.37. The van der Waals surface area contributed by atoms with Gasteiger partial charge in [0.15, 0.2) is 0 Å². The van der Waals surface area contributed by atoms with E-state index in [0.717, 1.165) is 11.1 Å². The Morgan fingerprint density at radius 2 is 1.03 bits per heavy atom. The molecule has 4 aromatic rings. The summed E-state index contributed by atoms with van der Waals surface area (Å²) in [4.78, 5) is 0.232. The Balaban J connectivity index is 1.47. The molecule has 0 aliphatic carbocycles. The highest BCUT2D eigenvalue weighted by atomic mass is 35.5. The van der Waals surface area contributed by atoms with Crippen molar-refractivity contribution < 1.29 is 16.8 Å². The lowest BCUT2D eigenvalue weighted by atomic mass is 10.1. The van der Waals surface area contributed by atoms with Gasteiger partial charge < -0.3 is 0 Å². The van der Waals surface area contributed by atoms with E-state index in [-0.39, 0.29) is 9.79 Å². The summed E-state index contributed by atoms with van der Waals surface area (Å²) in [6.45, 7) is 0. The van der Waals surface area contributed by atoms with E-state index in [0.29, 0.717) is 27.8 Å². The minimum absolute atomic E-state index is 0.111. The van der Waals surface area contributed by atoms with Crippen molar-refractivity contribution in [1.82, 2.24) is 0 Å². The fourth-order valence-electron chi connectivity index (χ4n) is 3.31. The molecule has 0 aliphatic heterocycles. The lowest BCUT2D eigenvalue weighted by Crippen LogP contribution is -2.13. The Labute approximate surface area is 214 Å². The Hall–Kier alpha value is -3.04. The van der Waals surface area contributed by atoms with Crippen LogP contribution in [-0.2, 0) is 26.5 Å². The number of nitrogens with one attached hydrogen (secondary N) is 2. The molecule has 2 N–H and O–H groups in total. The fraction of sp³-hybridized carbons (Fsp3) is 0.0400. The fourth-order valence-corrected chi connectivity index (χ4v) is 5.75. The number of benzene rings is 4. The molecule has 6 nitrogen and oxygen atoms in total. The zero-order chi connectivity index (χ0) is 25.1. The van der Waals surface area contributed by atoms with Gasteiger partial charge in [-0.2, -0.15) is 0 Å². The van der Waals surface area contributed by atoms with Gasteiger partial charge in [0.2, 0.25) is 0 Å². The molecular formula is C25H20Cl2N2O4S2. The van der Waals surface area contributed by atoms with Crippen molar-refractivity contribution in [2.45, 2.75) is 16.2 Å². The van der Waals surface area contributed by atoms with Crippen molar-refractivity contribution in [3.05, 3.63) is 118 Å². The maximum Gasteiger partial charge on any atom is 0.261 e. The van der Waals surface area contributed by atoms with Crippen LogP contribution in [0.5, 0.6) is 0 Å². The van der Waals surface area contributed by atoms with Gasteiger partial charge in [-0.15, -0.1) is 0 Å². The second-order valence-electron chi connectivity index (χ2n) is 7.69. The van der Waals surface area contributed by atoms with Gasteiger partial charge in [0, 0.05) is 21.4 Å². The standard InChI is InChI=1S/C25H20Cl2N2O4S2/c26-20-6-10-22(11-7-20)28-34(30,31)24-14-4-18(5-15-24)16-19-2-1-3-25(17-19)35(32,33)29-23-12-8-21(27)9-13-23/h1-15,17,28-29H,16H2. The molecule has 0 spiro atoms. The summed E-state index contributed by atoms with van der Waals surface area (Å²) in [6.07, 6.45) is 0.426. The average Bonchev–Trinajstić information content (AvgIpc) is 2.82. The molecule has 0 aromatic heterocycles. The third-order valence-corrected chi connectivity index (χ3v) is 8.32. The molecule has 0 fully saturated rings. The predicted octanol–water partition coefficient (Wildman–Crippen LogP) is 6.19. The SMILES string of the molecule is O=S(=O)(Nc1ccc(Cl)cc1)c1ccc(Cc2cccc(S(=O)(=O)Nc3ccc(Cl)cc3)c2)cc1. The van der Waals surface area contributed by atoms with Crippen molar-refractivity contribution in [2.24, 2.45) is 0 Å². The van der Waals surface area contributed by atoms with Gasteiger partial charge in [0.1, 0.15) is 0 Å². The molecule has 10 heteroatoms. The highest BCUT2D eigenvalue weighted by Crippen LogP contribution is 2.22. The monoisotopic (exact) mass is 546 g/mol. The molecule has 4 aromatic carbocycles. The number of halogens is 2. The lowest BCUT2D eigenvalue weighted by Gasteiger charge is -2.11. The molecule has 0 saturated carbocycles. The first-order valence-corrected chi connectivity index (χ1v) is 14.1. The summed E-state index contributed by atoms with van der Waals surface area (Å²) >= 11 is 11.7. The lowest BCUT2D eigenvalue weighted by molar-refractivity contribution is 0.599. The smallest absolute Gasteiger partial charge is 0.261 e. The maximum atomic E-state index is 12.8. The summed E-state index contributed by atoms with van der Waals surface area (Å²) in [7, 11) is -7.55. The van der Waals surface area contributed by atoms with Crippen LogP contribution in [0.25, 0.3) is 0 Å². The number of rotatable bonds is 8. The first-order chi connectivity index (χ1) is 16.6. The molecular weight excluding hydrogens is 527 g/mol. The van der Waals surface area contributed by atoms with E-state index < -0.39 is 20.0 Å². The highest BCUT2D eigenvalue weighted by Gasteiger charge is 2.16. The zero-order valence-corrected chi connectivity index (χ0v) is 21.3. The minimum Gasteiger partial charge on any atom is -0.280 e. The molecule has 180 valence electrons. The first kappa shape index (κ1) is 25.1. The van der Waals surface area contributed by atoms with Crippen molar-refractivity contribution >= 4 is 54.6 Å².